The molecular formula is C24H27FN2O2. The Morgan fingerprint density at radius 2 is 1.86 bits per heavy atom. The van der Waals surface area contributed by atoms with Crippen molar-refractivity contribution in [1.29, 1.82) is 0 Å². The fourth-order valence-corrected chi connectivity index (χ4v) is 4.47. The van der Waals surface area contributed by atoms with Crippen molar-refractivity contribution in [3.63, 3.8) is 0 Å². The first-order chi connectivity index (χ1) is 14.0. The molecular weight excluding hydrogens is 367 g/mol. The quantitative estimate of drug-likeness (QED) is 0.839. The van der Waals surface area contributed by atoms with Crippen LogP contribution in [-0.2, 0) is 16.0 Å². The lowest BCUT2D eigenvalue weighted by Crippen LogP contribution is -2.54. The van der Waals surface area contributed by atoms with Crippen LogP contribution in [0, 0.1) is 17.2 Å². The van der Waals surface area contributed by atoms with Crippen molar-refractivity contribution < 1.29 is 14.0 Å². The van der Waals surface area contributed by atoms with Crippen LogP contribution in [-0.4, -0.2) is 36.9 Å². The number of benzene rings is 2. The summed E-state index contributed by atoms with van der Waals surface area (Å²) in [6, 6.07) is 14.5. The van der Waals surface area contributed by atoms with Crippen molar-refractivity contribution in [2.24, 2.45) is 11.3 Å². The predicted octanol–water partition coefficient (Wildman–Crippen LogP) is 3.80. The van der Waals surface area contributed by atoms with Crippen molar-refractivity contribution >= 4 is 11.8 Å². The maximum Gasteiger partial charge on any atom is 0.228 e. The van der Waals surface area contributed by atoms with E-state index in [0.717, 1.165) is 43.4 Å². The molecule has 4 nitrogen and oxygen atoms in total. The van der Waals surface area contributed by atoms with E-state index in [9.17, 15) is 14.0 Å². The van der Waals surface area contributed by atoms with Gasteiger partial charge in [0.05, 0.1) is 5.41 Å². The van der Waals surface area contributed by atoms with Crippen molar-refractivity contribution in [2.75, 3.05) is 20.1 Å². The lowest BCUT2D eigenvalue weighted by atomic mass is 9.74. The van der Waals surface area contributed by atoms with E-state index in [1.54, 1.807) is 19.2 Å². The van der Waals surface area contributed by atoms with Crippen LogP contribution in [0.1, 0.15) is 31.2 Å². The molecule has 1 saturated heterocycles. The highest BCUT2D eigenvalue weighted by atomic mass is 19.1. The van der Waals surface area contributed by atoms with Gasteiger partial charge in [0.2, 0.25) is 11.8 Å². The van der Waals surface area contributed by atoms with Gasteiger partial charge in [-0.25, -0.2) is 4.39 Å². The second kappa shape index (κ2) is 7.97. The van der Waals surface area contributed by atoms with Crippen LogP contribution in [0.15, 0.2) is 48.5 Å². The molecule has 0 spiro atoms. The van der Waals surface area contributed by atoms with Gasteiger partial charge in [-0.1, -0.05) is 42.5 Å². The molecule has 2 aromatic carbocycles. The molecule has 0 radical (unpaired) electrons. The zero-order valence-corrected chi connectivity index (χ0v) is 16.8. The molecule has 0 aromatic heterocycles. The average Bonchev–Trinajstić information content (AvgIpc) is 3.59. The lowest BCUT2D eigenvalue weighted by Gasteiger charge is -2.41. The smallest absolute Gasteiger partial charge is 0.228 e. The van der Waals surface area contributed by atoms with Crippen LogP contribution < -0.4 is 5.32 Å². The molecule has 1 aliphatic heterocycles. The molecule has 152 valence electrons. The van der Waals surface area contributed by atoms with E-state index in [1.807, 2.05) is 35.2 Å². The van der Waals surface area contributed by atoms with Crippen LogP contribution in [0.4, 0.5) is 4.39 Å². The van der Waals surface area contributed by atoms with Crippen LogP contribution in [0.25, 0.3) is 11.1 Å². The van der Waals surface area contributed by atoms with Crippen LogP contribution in [0.5, 0.6) is 0 Å². The second-order valence-corrected chi connectivity index (χ2v) is 8.35. The minimum absolute atomic E-state index is 0.0102. The van der Waals surface area contributed by atoms with Gasteiger partial charge in [0.25, 0.3) is 0 Å². The van der Waals surface area contributed by atoms with Gasteiger partial charge in [-0.3, -0.25) is 9.59 Å². The summed E-state index contributed by atoms with van der Waals surface area (Å²) >= 11 is 0. The number of hydrogen-bond donors (Lipinski definition) is 1. The van der Waals surface area contributed by atoms with Crippen molar-refractivity contribution in [3.05, 3.63) is 59.9 Å². The van der Waals surface area contributed by atoms with E-state index in [-0.39, 0.29) is 23.5 Å². The molecule has 1 N–H and O–H groups in total. The molecule has 2 amide bonds. The van der Waals surface area contributed by atoms with Gasteiger partial charge in [0, 0.05) is 31.6 Å². The standard InChI is InChI=1S/C24H27FN2O2/c1-26-23(29)24(13-4-14-27(16-24)22(28)19-11-12-19)15-17-7-9-18(10-8-17)20-5-2-3-6-21(20)25/h2-3,5-10,19H,4,11-16H2,1H3,(H,26,29)/t24-/m1/s1. The molecule has 1 saturated carbocycles. The largest absolute Gasteiger partial charge is 0.359 e. The van der Waals surface area contributed by atoms with E-state index >= 15 is 0 Å². The summed E-state index contributed by atoms with van der Waals surface area (Å²) in [6.07, 6.45) is 4.10. The number of halogens is 1. The molecule has 5 heteroatoms. The highest BCUT2D eigenvalue weighted by Crippen LogP contribution is 2.38. The SMILES string of the molecule is CNC(=O)[C@@]1(Cc2ccc(-c3ccccc3F)cc2)CCCN(C(=O)C2CC2)C1. The lowest BCUT2D eigenvalue weighted by molar-refractivity contribution is -0.142. The van der Waals surface area contributed by atoms with Gasteiger partial charge in [0.1, 0.15) is 5.82 Å². The molecule has 2 fully saturated rings. The van der Waals surface area contributed by atoms with E-state index in [1.165, 1.54) is 6.07 Å². The van der Waals surface area contributed by atoms with Crippen LogP contribution in [0.2, 0.25) is 0 Å². The second-order valence-electron chi connectivity index (χ2n) is 8.35. The van der Waals surface area contributed by atoms with Gasteiger partial charge >= 0.3 is 0 Å². The number of likely N-dealkylation sites (tertiary alicyclic amines) is 1. The van der Waals surface area contributed by atoms with Crippen molar-refractivity contribution in [1.82, 2.24) is 10.2 Å². The summed E-state index contributed by atoms with van der Waals surface area (Å²) in [7, 11) is 1.66. The summed E-state index contributed by atoms with van der Waals surface area (Å²) in [5.74, 6) is 0.107. The molecule has 1 heterocycles. The highest BCUT2D eigenvalue weighted by Gasteiger charge is 2.45. The molecule has 0 unspecified atom stereocenters. The van der Waals surface area contributed by atoms with Crippen molar-refractivity contribution in [3.8, 4) is 11.1 Å². The monoisotopic (exact) mass is 394 g/mol. The van der Waals surface area contributed by atoms with Gasteiger partial charge in [-0.05, 0) is 49.3 Å². The Hall–Kier alpha value is -2.69. The van der Waals surface area contributed by atoms with Crippen molar-refractivity contribution in [2.45, 2.75) is 32.1 Å². The first kappa shape index (κ1) is 19.6. The molecule has 0 bridgehead atoms. The van der Waals surface area contributed by atoms with Gasteiger partial charge < -0.3 is 10.2 Å². The molecule has 2 aliphatic rings. The number of carbonyl (C=O) groups excluding carboxylic acids is 2. The number of nitrogens with one attached hydrogen (secondary N) is 1. The van der Waals surface area contributed by atoms with E-state index in [0.29, 0.717) is 18.5 Å². The number of hydrogen-bond acceptors (Lipinski definition) is 2. The van der Waals surface area contributed by atoms with Gasteiger partial charge in [0.15, 0.2) is 0 Å². The van der Waals surface area contributed by atoms with E-state index in [2.05, 4.69) is 5.32 Å². The normalized spacial score (nSPS) is 21.7. The molecule has 1 aliphatic carbocycles. The van der Waals surface area contributed by atoms with Crippen LogP contribution >= 0.6 is 0 Å². The predicted molar refractivity (Wildman–Crippen MR) is 111 cm³/mol. The fourth-order valence-electron chi connectivity index (χ4n) is 4.47. The number of nitrogens with zero attached hydrogens (tertiary/aromatic N) is 1. The Balaban J connectivity index is 1.56. The number of carbonyl (C=O) groups is 2. The molecule has 2 aromatic rings. The Morgan fingerprint density at radius 1 is 1.14 bits per heavy atom. The maximum atomic E-state index is 14.1. The number of amides is 2. The minimum atomic E-state index is -0.614. The fraction of sp³-hybridized carbons (Fsp3) is 0.417. The zero-order chi connectivity index (χ0) is 20.4. The third-order valence-electron chi connectivity index (χ3n) is 6.21. The Bertz CT molecular complexity index is 907. The summed E-state index contributed by atoms with van der Waals surface area (Å²) in [4.78, 5) is 27.4. The topological polar surface area (TPSA) is 49.4 Å². The van der Waals surface area contributed by atoms with Gasteiger partial charge in [-0.2, -0.15) is 0 Å². The van der Waals surface area contributed by atoms with Crippen LogP contribution in [0.3, 0.4) is 0 Å². The minimum Gasteiger partial charge on any atom is -0.359 e. The molecule has 29 heavy (non-hydrogen) atoms. The maximum absolute atomic E-state index is 14.1. The summed E-state index contributed by atoms with van der Waals surface area (Å²) in [6.45, 7) is 1.21. The summed E-state index contributed by atoms with van der Waals surface area (Å²) in [5, 5.41) is 2.82. The summed E-state index contributed by atoms with van der Waals surface area (Å²) < 4.78 is 14.1. The average molecular weight is 394 g/mol. The Kier molecular flexibility index (Phi) is 5.39. The first-order valence-electron chi connectivity index (χ1n) is 10.4. The first-order valence-corrected chi connectivity index (χ1v) is 10.4. The number of piperidine rings is 1. The van der Waals surface area contributed by atoms with E-state index in [4.69, 9.17) is 0 Å². The molecule has 1 atom stereocenters. The van der Waals surface area contributed by atoms with E-state index < -0.39 is 5.41 Å². The number of rotatable bonds is 5. The Labute approximate surface area is 171 Å². The summed E-state index contributed by atoms with van der Waals surface area (Å²) in [5.41, 5.74) is 1.79. The Morgan fingerprint density at radius 3 is 2.52 bits per heavy atom. The zero-order valence-electron chi connectivity index (χ0n) is 16.8. The third kappa shape index (κ3) is 4.04. The third-order valence-corrected chi connectivity index (χ3v) is 6.21. The highest BCUT2D eigenvalue weighted by molar-refractivity contribution is 5.86. The molecule has 4 rings (SSSR count). The van der Waals surface area contributed by atoms with Gasteiger partial charge in [-0.15, -0.1) is 0 Å².